The van der Waals surface area contributed by atoms with E-state index in [0.29, 0.717) is 18.6 Å². The summed E-state index contributed by atoms with van der Waals surface area (Å²) in [7, 11) is 0. The molecule has 1 atom stereocenters. The average molecular weight is 188 g/mol. The Bertz CT molecular complexity index is 94.3. The van der Waals surface area contributed by atoms with Gasteiger partial charge in [0.05, 0.1) is 19.3 Å². The van der Waals surface area contributed by atoms with Crippen LogP contribution in [0.3, 0.4) is 0 Å². The van der Waals surface area contributed by atoms with Crippen molar-refractivity contribution < 1.29 is 9.84 Å². The zero-order chi connectivity index (χ0) is 10.1. The van der Waals surface area contributed by atoms with Crippen molar-refractivity contribution in [1.82, 2.24) is 0 Å². The molecule has 0 saturated carbocycles. The number of unbranched alkanes of at least 4 members (excludes halogenated alkanes) is 1. The second-order valence-electron chi connectivity index (χ2n) is 3.99. The molecule has 2 heteroatoms. The second-order valence-corrected chi connectivity index (χ2v) is 3.99. The Hall–Kier alpha value is -0.0800. The minimum atomic E-state index is 0.140. The molecule has 0 bridgehead atoms. The molecule has 0 amide bonds. The van der Waals surface area contributed by atoms with Gasteiger partial charge in [0.1, 0.15) is 0 Å². The van der Waals surface area contributed by atoms with E-state index in [-0.39, 0.29) is 6.61 Å². The summed E-state index contributed by atoms with van der Waals surface area (Å²) in [5, 5.41) is 8.65. The molecule has 0 aromatic rings. The van der Waals surface area contributed by atoms with Gasteiger partial charge in [0.25, 0.3) is 0 Å². The standard InChI is InChI=1S/C11H24O2/c1-4-5-6-11(9-10(2)3)13-8-7-12/h10-12H,4-9H2,1-3H3. The number of ether oxygens (including phenoxy) is 1. The van der Waals surface area contributed by atoms with Gasteiger partial charge in [-0.3, -0.25) is 0 Å². The van der Waals surface area contributed by atoms with Crippen LogP contribution in [-0.2, 0) is 4.74 Å². The van der Waals surface area contributed by atoms with Crippen LogP contribution in [-0.4, -0.2) is 24.4 Å². The van der Waals surface area contributed by atoms with Crippen molar-refractivity contribution >= 4 is 0 Å². The summed E-state index contributed by atoms with van der Waals surface area (Å²) in [6.45, 7) is 7.24. The molecule has 2 nitrogen and oxygen atoms in total. The Balaban J connectivity index is 3.60. The first-order valence-electron chi connectivity index (χ1n) is 5.43. The van der Waals surface area contributed by atoms with Crippen molar-refractivity contribution in [3.63, 3.8) is 0 Å². The maximum Gasteiger partial charge on any atom is 0.0701 e. The van der Waals surface area contributed by atoms with E-state index in [4.69, 9.17) is 9.84 Å². The lowest BCUT2D eigenvalue weighted by molar-refractivity contribution is 0.0118. The fraction of sp³-hybridized carbons (Fsp3) is 1.00. The quantitative estimate of drug-likeness (QED) is 0.634. The molecule has 13 heavy (non-hydrogen) atoms. The summed E-state index contributed by atoms with van der Waals surface area (Å²) in [6, 6.07) is 0. The Kier molecular flexibility index (Phi) is 8.46. The molecule has 0 spiro atoms. The number of hydrogen-bond donors (Lipinski definition) is 1. The summed E-state index contributed by atoms with van der Waals surface area (Å²) in [4.78, 5) is 0. The van der Waals surface area contributed by atoms with Crippen LogP contribution in [0.5, 0.6) is 0 Å². The lowest BCUT2D eigenvalue weighted by Crippen LogP contribution is -2.17. The largest absolute Gasteiger partial charge is 0.394 e. The SMILES string of the molecule is CCCCC(CC(C)C)OCCO. The van der Waals surface area contributed by atoms with E-state index in [2.05, 4.69) is 20.8 Å². The summed E-state index contributed by atoms with van der Waals surface area (Å²) < 4.78 is 5.55. The van der Waals surface area contributed by atoms with Crippen molar-refractivity contribution in [2.75, 3.05) is 13.2 Å². The second kappa shape index (κ2) is 8.52. The van der Waals surface area contributed by atoms with Crippen LogP contribution in [0.15, 0.2) is 0 Å². The zero-order valence-corrected chi connectivity index (χ0v) is 9.25. The normalized spacial score (nSPS) is 13.6. The van der Waals surface area contributed by atoms with Crippen LogP contribution in [0.2, 0.25) is 0 Å². The van der Waals surface area contributed by atoms with Gasteiger partial charge in [-0.2, -0.15) is 0 Å². The summed E-state index contributed by atoms with van der Waals surface area (Å²) in [5.74, 6) is 0.681. The van der Waals surface area contributed by atoms with E-state index in [0.717, 1.165) is 12.8 Å². The third-order valence-electron chi connectivity index (χ3n) is 2.06. The van der Waals surface area contributed by atoms with Crippen LogP contribution >= 0.6 is 0 Å². The molecular weight excluding hydrogens is 164 g/mol. The van der Waals surface area contributed by atoms with E-state index in [1.54, 1.807) is 0 Å². The molecule has 0 aliphatic carbocycles. The van der Waals surface area contributed by atoms with Gasteiger partial charge in [-0.1, -0.05) is 33.6 Å². The fourth-order valence-electron chi connectivity index (χ4n) is 1.45. The van der Waals surface area contributed by atoms with Gasteiger partial charge < -0.3 is 9.84 Å². The molecular formula is C11H24O2. The number of aliphatic hydroxyl groups excluding tert-OH is 1. The Morgan fingerprint density at radius 2 is 2.00 bits per heavy atom. The monoisotopic (exact) mass is 188 g/mol. The highest BCUT2D eigenvalue weighted by Gasteiger charge is 2.10. The van der Waals surface area contributed by atoms with Crippen molar-refractivity contribution in [1.29, 1.82) is 0 Å². The molecule has 0 heterocycles. The minimum absolute atomic E-state index is 0.140. The molecule has 0 rings (SSSR count). The smallest absolute Gasteiger partial charge is 0.0701 e. The Morgan fingerprint density at radius 3 is 2.46 bits per heavy atom. The van der Waals surface area contributed by atoms with Gasteiger partial charge in [0.2, 0.25) is 0 Å². The summed E-state index contributed by atoms with van der Waals surface area (Å²) in [5.41, 5.74) is 0. The van der Waals surface area contributed by atoms with Gasteiger partial charge in [-0.15, -0.1) is 0 Å². The van der Waals surface area contributed by atoms with Crippen molar-refractivity contribution in [3.8, 4) is 0 Å². The number of rotatable bonds is 8. The van der Waals surface area contributed by atoms with E-state index < -0.39 is 0 Å². The third-order valence-corrected chi connectivity index (χ3v) is 2.06. The first-order valence-corrected chi connectivity index (χ1v) is 5.43. The van der Waals surface area contributed by atoms with Gasteiger partial charge in [-0.05, 0) is 18.8 Å². The molecule has 80 valence electrons. The third kappa shape index (κ3) is 8.26. The van der Waals surface area contributed by atoms with E-state index in [1.165, 1.54) is 12.8 Å². The van der Waals surface area contributed by atoms with E-state index in [9.17, 15) is 0 Å². The van der Waals surface area contributed by atoms with Crippen molar-refractivity contribution in [3.05, 3.63) is 0 Å². The van der Waals surface area contributed by atoms with Gasteiger partial charge in [-0.25, -0.2) is 0 Å². The van der Waals surface area contributed by atoms with Crippen LogP contribution in [0, 0.1) is 5.92 Å². The van der Waals surface area contributed by atoms with E-state index in [1.807, 2.05) is 0 Å². The highest BCUT2D eigenvalue weighted by atomic mass is 16.5. The van der Waals surface area contributed by atoms with Crippen LogP contribution in [0.1, 0.15) is 46.5 Å². The van der Waals surface area contributed by atoms with Gasteiger partial charge in [0, 0.05) is 0 Å². The maximum absolute atomic E-state index is 8.65. The van der Waals surface area contributed by atoms with Crippen molar-refractivity contribution in [2.45, 2.75) is 52.6 Å². The topological polar surface area (TPSA) is 29.5 Å². The molecule has 0 fully saturated rings. The highest BCUT2D eigenvalue weighted by molar-refractivity contribution is 4.60. The predicted octanol–water partition coefficient (Wildman–Crippen LogP) is 2.60. The molecule has 0 radical (unpaired) electrons. The Morgan fingerprint density at radius 1 is 1.31 bits per heavy atom. The maximum atomic E-state index is 8.65. The lowest BCUT2D eigenvalue weighted by atomic mass is 10.0. The molecule has 1 N–H and O–H groups in total. The number of aliphatic hydroxyl groups is 1. The molecule has 1 unspecified atom stereocenters. The highest BCUT2D eigenvalue weighted by Crippen LogP contribution is 2.14. The van der Waals surface area contributed by atoms with E-state index >= 15 is 0 Å². The summed E-state index contributed by atoms with van der Waals surface area (Å²) in [6.07, 6.45) is 5.04. The average Bonchev–Trinajstić information content (AvgIpc) is 2.09. The molecule has 0 aliphatic rings. The van der Waals surface area contributed by atoms with Crippen LogP contribution in [0.4, 0.5) is 0 Å². The Labute approximate surface area is 82.3 Å². The number of hydrogen-bond acceptors (Lipinski definition) is 2. The molecule has 0 aromatic carbocycles. The first-order chi connectivity index (χ1) is 6.20. The zero-order valence-electron chi connectivity index (χ0n) is 9.25. The molecule has 0 aromatic heterocycles. The van der Waals surface area contributed by atoms with Crippen LogP contribution in [0.25, 0.3) is 0 Å². The lowest BCUT2D eigenvalue weighted by Gasteiger charge is -2.18. The first kappa shape index (κ1) is 12.9. The van der Waals surface area contributed by atoms with Gasteiger partial charge in [0.15, 0.2) is 0 Å². The minimum Gasteiger partial charge on any atom is -0.394 e. The van der Waals surface area contributed by atoms with Gasteiger partial charge >= 0.3 is 0 Å². The predicted molar refractivity (Wildman–Crippen MR) is 55.8 cm³/mol. The fourth-order valence-corrected chi connectivity index (χ4v) is 1.45. The molecule has 0 saturated heterocycles. The molecule has 0 aliphatic heterocycles. The van der Waals surface area contributed by atoms with Crippen molar-refractivity contribution in [2.24, 2.45) is 5.92 Å². The van der Waals surface area contributed by atoms with Crippen LogP contribution < -0.4 is 0 Å². The summed E-state index contributed by atoms with van der Waals surface area (Å²) >= 11 is 0.